The van der Waals surface area contributed by atoms with E-state index in [2.05, 4.69) is 44.1 Å². The number of halogens is 2. The Morgan fingerprint density at radius 3 is 2.33 bits per heavy atom. The molecule has 1 unspecified atom stereocenters. The van der Waals surface area contributed by atoms with Crippen molar-refractivity contribution in [1.29, 1.82) is 0 Å². The molecule has 0 heterocycles. The minimum Gasteiger partial charge on any atom is -0.476 e. The summed E-state index contributed by atoms with van der Waals surface area (Å²) in [5, 5.41) is 3.27. The molecule has 0 aliphatic carbocycles. The van der Waals surface area contributed by atoms with E-state index in [1.165, 1.54) is 0 Å². The van der Waals surface area contributed by atoms with E-state index in [-0.39, 0.29) is 5.97 Å². The zero-order valence-corrected chi connectivity index (χ0v) is 15.7. The van der Waals surface area contributed by atoms with Gasteiger partial charge in [-0.1, -0.05) is 13.8 Å². The molecule has 0 aliphatic heterocycles. The lowest BCUT2D eigenvalue weighted by Crippen LogP contribution is -2.29. The monoisotopic (exact) mass is 421 g/mol. The standard InChI is InChI=1S/C15H21Br2NO3/c1-4-13(15(19)20-6-3)21-14-11(16)7-10(8-12(14)17)9-18-5-2/h7-8,13,18H,4-6,9H2,1-3H3. The molecule has 0 aromatic heterocycles. The van der Waals surface area contributed by atoms with Crippen molar-refractivity contribution < 1.29 is 14.3 Å². The van der Waals surface area contributed by atoms with Crippen molar-refractivity contribution in [2.75, 3.05) is 13.2 Å². The van der Waals surface area contributed by atoms with Crippen LogP contribution in [0.4, 0.5) is 0 Å². The van der Waals surface area contributed by atoms with E-state index >= 15 is 0 Å². The van der Waals surface area contributed by atoms with E-state index in [0.29, 0.717) is 18.8 Å². The van der Waals surface area contributed by atoms with Gasteiger partial charge in [0.25, 0.3) is 0 Å². The summed E-state index contributed by atoms with van der Waals surface area (Å²) in [7, 11) is 0. The summed E-state index contributed by atoms with van der Waals surface area (Å²) in [5.74, 6) is 0.283. The van der Waals surface area contributed by atoms with E-state index < -0.39 is 6.10 Å². The maximum absolute atomic E-state index is 11.8. The van der Waals surface area contributed by atoms with Crippen molar-refractivity contribution >= 4 is 37.8 Å². The topological polar surface area (TPSA) is 47.6 Å². The molecule has 1 atom stereocenters. The Morgan fingerprint density at radius 1 is 1.24 bits per heavy atom. The maximum atomic E-state index is 11.8. The molecule has 0 aliphatic rings. The van der Waals surface area contributed by atoms with Crippen LogP contribution in [0.15, 0.2) is 21.1 Å². The number of rotatable bonds is 8. The van der Waals surface area contributed by atoms with Crippen LogP contribution in [-0.4, -0.2) is 25.2 Å². The van der Waals surface area contributed by atoms with E-state index in [1.807, 2.05) is 19.1 Å². The van der Waals surface area contributed by atoms with Crippen molar-refractivity contribution in [2.45, 2.75) is 39.8 Å². The highest BCUT2D eigenvalue weighted by molar-refractivity contribution is 9.11. The summed E-state index contributed by atoms with van der Waals surface area (Å²) in [5.41, 5.74) is 1.13. The van der Waals surface area contributed by atoms with Crippen molar-refractivity contribution in [2.24, 2.45) is 0 Å². The van der Waals surface area contributed by atoms with Gasteiger partial charge >= 0.3 is 5.97 Å². The lowest BCUT2D eigenvalue weighted by Gasteiger charge is -2.19. The lowest BCUT2D eigenvalue weighted by atomic mass is 10.2. The Labute approximate surface area is 142 Å². The zero-order chi connectivity index (χ0) is 15.8. The molecule has 4 nitrogen and oxygen atoms in total. The molecule has 1 aromatic rings. The third-order valence-electron chi connectivity index (χ3n) is 2.82. The first-order valence-electron chi connectivity index (χ1n) is 7.05. The largest absolute Gasteiger partial charge is 0.476 e. The molecule has 1 rings (SSSR count). The van der Waals surface area contributed by atoms with Gasteiger partial charge < -0.3 is 14.8 Å². The molecule has 0 spiro atoms. The summed E-state index contributed by atoms with van der Waals surface area (Å²) < 4.78 is 12.5. The minimum atomic E-state index is -0.600. The summed E-state index contributed by atoms with van der Waals surface area (Å²) >= 11 is 7.00. The Morgan fingerprint density at radius 2 is 1.86 bits per heavy atom. The molecule has 0 saturated heterocycles. The molecule has 0 fully saturated rings. The molecule has 0 radical (unpaired) electrons. The number of esters is 1. The molecular formula is C15H21Br2NO3. The number of nitrogens with one attached hydrogen (secondary N) is 1. The number of hydrogen-bond acceptors (Lipinski definition) is 4. The molecule has 1 aromatic carbocycles. The summed E-state index contributed by atoms with van der Waals surface area (Å²) in [6.07, 6.45) is -0.0474. The first-order valence-corrected chi connectivity index (χ1v) is 8.63. The van der Waals surface area contributed by atoms with Gasteiger partial charge in [-0.15, -0.1) is 0 Å². The number of carbonyl (C=O) groups excluding carboxylic acids is 1. The predicted molar refractivity (Wildman–Crippen MR) is 90.6 cm³/mol. The number of ether oxygens (including phenoxy) is 2. The highest BCUT2D eigenvalue weighted by Gasteiger charge is 2.22. The third-order valence-corrected chi connectivity index (χ3v) is 4.00. The Hall–Kier alpha value is -0.590. The van der Waals surface area contributed by atoms with Gasteiger partial charge in [0, 0.05) is 6.54 Å². The van der Waals surface area contributed by atoms with Crippen LogP contribution in [0.25, 0.3) is 0 Å². The van der Waals surface area contributed by atoms with E-state index in [0.717, 1.165) is 27.6 Å². The van der Waals surface area contributed by atoms with Crippen LogP contribution in [0.5, 0.6) is 5.75 Å². The average Bonchev–Trinajstić information content (AvgIpc) is 2.44. The second-order valence-corrected chi connectivity index (χ2v) is 6.14. The number of carbonyl (C=O) groups is 1. The van der Waals surface area contributed by atoms with E-state index in [9.17, 15) is 4.79 Å². The van der Waals surface area contributed by atoms with Crippen LogP contribution < -0.4 is 10.1 Å². The fraction of sp³-hybridized carbons (Fsp3) is 0.533. The SMILES string of the molecule is CCNCc1cc(Br)c(OC(CC)C(=O)OCC)c(Br)c1. The van der Waals surface area contributed by atoms with Crippen molar-refractivity contribution in [1.82, 2.24) is 5.32 Å². The summed E-state index contributed by atoms with van der Waals surface area (Å²) in [6.45, 7) is 7.78. The zero-order valence-electron chi connectivity index (χ0n) is 12.5. The Bertz CT molecular complexity index is 457. The summed E-state index contributed by atoms with van der Waals surface area (Å²) in [4.78, 5) is 11.8. The smallest absolute Gasteiger partial charge is 0.347 e. The highest BCUT2D eigenvalue weighted by Crippen LogP contribution is 2.36. The first kappa shape index (κ1) is 18.5. The average molecular weight is 423 g/mol. The Kier molecular flexibility index (Phi) is 8.29. The van der Waals surface area contributed by atoms with Gasteiger partial charge in [0.15, 0.2) is 6.10 Å². The normalized spacial score (nSPS) is 12.0. The number of hydrogen-bond donors (Lipinski definition) is 1. The minimum absolute atomic E-state index is 0.337. The molecule has 0 amide bonds. The molecule has 6 heteroatoms. The summed E-state index contributed by atoms with van der Waals surface area (Å²) in [6, 6.07) is 3.97. The second-order valence-electron chi connectivity index (χ2n) is 4.44. The van der Waals surface area contributed by atoms with Gasteiger partial charge in [-0.05, 0) is 69.4 Å². The van der Waals surface area contributed by atoms with Crippen LogP contribution in [-0.2, 0) is 16.1 Å². The Balaban J connectivity index is 2.89. The van der Waals surface area contributed by atoms with Crippen LogP contribution in [0, 0.1) is 0 Å². The highest BCUT2D eigenvalue weighted by atomic mass is 79.9. The van der Waals surface area contributed by atoms with Gasteiger partial charge in [-0.25, -0.2) is 4.79 Å². The van der Waals surface area contributed by atoms with Gasteiger partial charge in [0.1, 0.15) is 5.75 Å². The third kappa shape index (κ3) is 5.60. The second kappa shape index (κ2) is 9.43. The molecular weight excluding hydrogens is 402 g/mol. The predicted octanol–water partition coefficient (Wildman–Crippen LogP) is 4.04. The van der Waals surface area contributed by atoms with Gasteiger partial charge in [0.05, 0.1) is 15.6 Å². The maximum Gasteiger partial charge on any atom is 0.347 e. The molecule has 1 N–H and O–H groups in total. The lowest BCUT2D eigenvalue weighted by molar-refractivity contribution is -0.151. The molecule has 118 valence electrons. The fourth-order valence-corrected chi connectivity index (χ4v) is 3.24. The van der Waals surface area contributed by atoms with E-state index in [4.69, 9.17) is 9.47 Å². The molecule has 0 saturated carbocycles. The van der Waals surface area contributed by atoms with Crippen LogP contribution >= 0.6 is 31.9 Å². The molecule has 21 heavy (non-hydrogen) atoms. The van der Waals surface area contributed by atoms with Gasteiger partial charge in [0.2, 0.25) is 0 Å². The van der Waals surface area contributed by atoms with Crippen LogP contribution in [0.2, 0.25) is 0 Å². The van der Waals surface area contributed by atoms with Crippen molar-refractivity contribution in [3.63, 3.8) is 0 Å². The number of benzene rings is 1. The van der Waals surface area contributed by atoms with E-state index in [1.54, 1.807) is 6.92 Å². The van der Waals surface area contributed by atoms with Crippen LogP contribution in [0.3, 0.4) is 0 Å². The van der Waals surface area contributed by atoms with Gasteiger partial charge in [-0.3, -0.25) is 0 Å². The van der Waals surface area contributed by atoms with Crippen molar-refractivity contribution in [3.05, 3.63) is 26.6 Å². The van der Waals surface area contributed by atoms with Crippen LogP contribution in [0.1, 0.15) is 32.8 Å². The van der Waals surface area contributed by atoms with Gasteiger partial charge in [-0.2, -0.15) is 0 Å². The van der Waals surface area contributed by atoms with Crippen molar-refractivity contribution in [3.8, 4) is 5.75 Å². The molecule has 0 bridgehead atoms. The fourth-order valence-electron chi connectivity index (χ4n) is 1.77. The quantitative estimate of drug-likeness (QED) is 0.642. The first-order chi connectivity index (χ1) is 10.0.